The fraction of sp³-hybridized carbons (Fsp3) is 0.455. The van der Waals surface area contributed by atoms with E-state index in [4.69, 9.17) is 0 Å². The number of hydrogen-bond acceptors (Lipinski definition) is 4. The first-order valence-electron chi connectivity index (χ1n) is 5.42. The molecule has 4 nitrogen and oxygen atoms in total. The minimum Gasteiger partial charge on any atom is -0.381 e. The summed E-state index contributed by atoms with van der Waals surface area (Å²) in [5.41, 5.74) is 0.0979. The summed E-state index contributed by atoms with van der Waals surface area (Å²) in [6, 6.07) is 5.16. The number of halogens is 2. The first-order valence-corrected chi connectivity index (χ1v) is 8.70. The molecular weight excluding hydrogens is 296 g/mol. The second-order valence-corrected chi connectivity index (χ2v) is 7.45. The maximum absolute atomic E-state index is 12.6. The Kier molecular flexibility index (Phi) is 5.42. The van der Waals surface area contributed by atoms with E-state index in [-0.39, 0.29) is 11.7 Å². The molecule has 0 fully saturated rings. The van der Waals surface area contributed by atoms with Crippen LogP contribution in [0.25, 0.3) is 0 Å². The fourth-order valence-corrected chi connectivity index (χ4v) is 3.27. The van der Waals surface area contributed by atoms with Crippen molar-refractivity contribution < 1.29 is 21.4 Å². The van der Waals surface area contributed by atoms with Gasteiger partial charge in [0.2, 0.25) is 9.84 Å². The van der Waals surface area contributed by atoms with Gasteiger partial charge in [-0.25, -0.2) is 8.42 Å². The van der Waals surface area contributed by atoms with Gasteiger partial charge in [0.25, 0.3) is 0 Å². The van der Waals surface area contributed by atoms with Crippen molar-refractivity contribution in [2.45, 2.75) is 23.6 Å². The Morgan fingerprint density at radius 2 is 1.89 bits per heavy atom. The third-order valence-electron chi connectivity index (χ3n) is 2.31. The summed E-state index contributed by atoms with van der Waals surface area (Å²) in [6.07, 6.45) is 1.51. The number of rotatable bonds is 6. The summed E-state index contributed by atoms with van der Waals surface area (Å²) in [7, 11) is -5.72. The van der Waals surface area contributed by atoms with Crippen LogP contribution in [-0.4, -0.2) is 36.4 Å². The number of benzene rings is 1. The molecule has 2 atom stereocenters. The lowest BCUT2D eigenvalue weighted by Crippen LogP contribution is -2.24. The van der Waals surface area contributed by atoms with Gasteiger partial charge in [0.05, 0.1) is 10.6 Å². The van der Waals surface area contributed by atoms with Crippen molar-refractivity contribution in [2.75, 3.05) is 17.3 Å². The molecule has 2 unspecified atom stereocenters. The van der Waals surface area contributed by atoms with Gasteiger partial charge in [-0.15, -0.1) is 0 Å². The summed E-state index contributed by atoms with van der Waals surface area (Å²) >= 11 is 0. The number of alkyl halides is 2. The Bertz CT molecular complexity index is 561. The first kappa shape index (κ1) is 16.0. The second-order valence-electron chi connectivity index (χ2n) is 4.09. The lowest BCUT2D eigenvalue weighted by Gasteiger charge is -2.17. The van der Waals surface area contributed by atoms with Gasteiger partial charge in [-0.3, -0.25) is 4.21 Å². The molecule has 0 aliphatic rings. The van der Waals surface area contributed by atoms with Crippen LogP contribution < -0.4 is 5.32 Å². The zero-order chi connectivity index (χ0) is 14.6. The van der Waals surface area contributed by atoms with Gasteiger partial charge in [0, 0.05) is 28.9 Å². The SMILES string of the molecule is CC(CS(C)=O)Nc1ccccc1S(=O)(=O)C(F)F. The van der Waals surface area contributed by atoms with Gasteiger partial charge in [-0.2, -0.15) is 8.78 Å². The van der Waals surface area contributed by atoms with E-state index in [1.807, 2.05) is 0 Å². The van der Waals surface area contributed by atoms with Crippen LogP contribution in [0.15, 0.2) is 29.2 Å². The molecule has 0 heterocycles. The average molecular weight is 311 g/mol. The molecule has 0 amide bonds. The van der Waals surface area contributed by atoms with Crippen LogP contribution in [0, 0.1) is 0 Å². The van der Waals surface area contributed by atoms with E-state index in [0.717, 1.165) is 6.07 Å². The van der Waals surface area contributed by atoms with Gasteiger partial charge < -0.3 is 5.32 Å². The predicted molar refractivity (Wildman–Crippen MR) is 71.6 cm³/mol. The zero-order valence-electron chi connectivity index (χ0n) is 10.5. The smallest absolute Gasteiger partial charge is 0.341 e. The molecule has 1 N–H and O–H groups in total. The topological polar surface area (TPSA) is 63.2 Å². The lowest BCUT2D eigenvalue weighted by molar-refractivity contribution is 0.235. The van der Waals surface area contributed by atoms with E-state index in [9.17, 15) is 21.4 Å². The maximum atomic E-state index is 12.6. The summed E-state index contributed by atoms with van der Waals surface area (Å²) < 4.78 is 59.2. The number of hydrogen-bond donors (Lipinski definition) is 1. The molecule has 0 saturated carbocycles. The monoisotopic (exact) mass is 311 g/mol. The molecule has 0 aliphatic heterocycles. The van der Waals surface area contributed by atoms with Crippen molar-refractivity contribution in [1.29, 1.82) is 0 Å². The van der Waals surface area contributed by atoms with Crippen molar-refractivity contribution in [3.63, 3.8) is 0 Å². The molecule has 0 aliphatic carbocycles. The molecule has 0 aromatic heterocycles. The van der Waals surface area contributed by atoms with Crippen LogP contribution >= 0.6 is 0 Å². The Hall–Kier alpha value is -1.02. The molecule has 108 valence electrons. The van der Waals surface area contributed by atoms with Crippen molar-refractivity contribution >= 4 is 26.3 Å². The summed E-state index contributed by atoms with van der Waals surface area (Å²) in [5.74, 6) is -3.17. The molecule has 0 bridgehead atoms. The molecule has 0 spiro atoms. The number of anilines is 1. The van der Waals surface area contributed by atoms with Gasteiger partial charge >= 0.3 is 5.76 Å². The quantitative estimate of drug-likeness (QED) is 0.871. The van der Waals surface area contributed by atoms with Crippen LogP contribution in [0.3, 0.4) is 0 Å². The number of sulfone groups is 1. The molecule has 0 radical (unpaired) electrons. The highest BCUT2D eigenvalue weighted by Crippen LogP contribution is 2.26. The average Bonchev–Trinajstić information content (AvgIpc) is 2.27. The molecule has 8 heteroatoms. The number of para-hydroxylation sites is 1. The van der Waals surface area contributed by atoms with Gasteiger partial charge in [-0.05, 0) is 19.1 Å². The van der Waals surface area contributed by atoms with Crippen molar-refractivity contribution in [3.05, 3.63) is 24.3 Å². The van der Waals surface area contributed by atoms with Crippen molar-refractivity contribution in [1.82, 2.24) is 0 Å². The Morgan fingerprint density at radius 1 is 1.32 bits per heavy atom. The minimum absolute atomic E-state index is 0.0979. The normalized spacial score (nSPS) is 15.2. The van der Waals surface area contributed by atoms with Crippen LogP contribution in [0.1, 0.15) is 6.92 Å². The highest BCUT2D eigenvalue weighted by molar-refractivity contribution is 7.91. The van der Waals surface area contributed by atoms with Gasteiger partial charge in [0.1, 0.15) is 0 Å². The predicted octanol–water partition coefficient (Wildman–Crippen LogP) is 1.86. The molecule has 19 heavy (non-hydrogen) atoms. The van der Waals surface area contributed by atoms with Gasteiger partial charge in [0.15, 0.2) is 0 Å². The fourth-order valence-electron chi connectivity index (χ4n) is 1.59. The Balaban J connectivity index is 3.07. The Morgan fingerprint density at radius 3 is 2.42 bits per heavy atom. The highest BCUT2D eigenvalue weighted by Gasteiger charge is 2.29. The molecular formula is C11H15F2NO3S2. The van der Waals surface area contributed by atoms with E-state index in [1.54, 1.807) is 13.0 Å². The van der Waals surface area contributed by atoms with Crippen molar-refractivity contribution in [2.24, 2.45) is 0 Å². The van der Waals surface area contributed by atoms with Crippen LogP contribution in [-0.2, 0) is 20.6 Å². The molecule has 1 aromatic carbocycles. The number of nitrogens with one attached hydrogen (secondary N) is 1. The van der Waals surface area contributed by atoms with E-state index >= 15 is 0 Å². The largest absolute Gasteiger partial charge is 0.381 e. The highest BCUT2D eigenvalue weighted by atomic mass is 32.2. The summed E-state index contributed by atoms with van der Waals surface area (Å²) in [6.45, 7) is 1.70. The van der Waals surface area contributed by atoms with Crippen molar-refractivity contribution in [3.8, 4) is 0 Å². The summed E-state index contributed by atoms with van der Waals surface area (Å²) in [5, 5.41) is 2.80. The maximum Gasteiger partial charge on any atom is 0.341 e. The lowest BCUT2D eigenvalue weighted by atomic mass is 10.3. The Labute approximate surface area is 113 Å². The zero-order valence-corrected chi connectivity index (χ0v) is 12.1. The molecule has 1 aromatic rings. The van der Waals surface area contributed by atoms with E-state index in [1.165, 1.54) is 18.4 Å². The first-order chi connectivity index (χ1) is 8.75. The molecule has 0 saturated heterocycles. The van der Waals surface area contributed by atoms with Crippen LogP contribution in [0.5, 0.6) is 0 Å². The minimum atomic E-state index is -4.65. The second kappa shape index (κ2) is 6.42. The third-order valence-corrected chi connectivity index (χ3v) is 4.72. The van der Waals surface area contributed by atoms with E-state index in [0.29, 0.717) is 5.75 Å². The van der Waals surface area contributed by atoms with Gasteiger partial charge in [-0.1, -0.05) is 12.1 Å². The summed E-state index contributed by atoms with van der Waals surface area (Å²) in [4.78, 5) is -0.446. The van der Waals surface area contributed by atoms with E-state index < -0.39 is 31.3 Å². The van der Waals surface area contributed by atoms with E-state index in [2.05, 4.69) is 5.32 Å². The van der Waals surface area contributed by atoms with Crippen LogP contribution in [0.2, 0.25) is 0 Å². The van der Waals surface area contributed by atoms with Crippen LogP contribution in [0.4, 0.5) is 14.5 Å². The third kappa shape index (κ3) is 4.24. The standard InChI is InChI=1S/C11H15F2NO3S2/c1-8(7-18(2)15)14-9-5-3-4-6-10(9)19(16,17)11(12)13/h3-6,8,11,14H,7H2,1-2H3. The molecule has 1 rings (SSSR count).